The Morgan fingerprint density at radius 2 is 2.35 bits per heavy atom. The predicted molar refractivity (Wildman–Crippen MR) is 94.8 cm³/mol. The van der Waals surface area contributed by atoms with Gasteiger partial charge in [-0.2, -0.15) is 11.8 Å². The first-order chi connectivity index (χ1) is 11.1. The Bertz CT molecular complexity index is 665. The molecule has 0 aliphatic rings. The van der Waals surface area contributed by atoms with Crippen LogP contribution in [-0.4, -0.2) is 63.2 Å². The molecule has 2 heterocycles. The normalized spacial score (nSPS) is 13.1. The number of thioether (sulfide) groups is 1. The molecule has 0 aliphatic heterocycles. The van der Waals surface area contributed by atoms with Crippen molar-refractivity contribution in [3.8, 4) is 5.88 Å². The second-order valence-corrected chi connectivity index (χ2v) is 7.95. The highest BCUT2D eigenvalue weighted by Crippen LogP contribution is 2.16. The third-order valence-corrected chi connectivity index (χ3v) is 5.50. The first-order valence-electron chi connectivity index (χ1n) is 7.10. The van der Waals surface area contributed by atoms with Crippen molar-refractivity contribution in [3.63, 3.8) is 0 Å². The van der Waals surface area contributed by atoms with E-state index in [0.717, 1.165) is 30.2 Å². The largest absolute Gasteiger partial charge is 0.548 e. The van der Waals surface area contributed by atoms with Gasteiger partial charge in [0, 0.05) is 34.2 Å². The summed E-state index contributed by atoms with van der Waals surface area (Å²) in [6.07, 6.45) is 0.998. The molecule has 2 aromatic heterocycles. The van der Waals surface area contributed by atoms with Crippen LogP contribution in [0.3, 0.4) is 0 Å². The van der Waals surface area contributed by atoms with Crippen molar-refractivity contribution in [1.29, 1.82) is 0 Å². The summed E-state index contributed by atoms with van der Waals surface area (Å²) in [6, 6.07) is 0. The lowest BCUT2D eigenvalue weighted by Gasteiger charge is -2.06. The van der Waals surface area contributed by atoms with Crippen molar-refractivity contribution in [2.24, 2.45) is 4.99 Å². The van der Waals surface area contributed by atoms with E-state index in [-0.39, 0.29) is 0 Å². The maximum atomic E-state index is 11.2. The van der Waals surface area contributed by atoms with Crippen molar-refractivity contribution >= 4 is 34.2 Å². The third-order valence-electron chi connectivity index (χ3n) is 2.87. The van der Waals surface area contributed by atoms with Crippen molar-refractivity contribution < 1.29 is 9.29 Å². The molecule has 0 bridgehead atoms. The van der Waals surface area contributed by atoms with Crippen molar-refractivity contribution in [2.75, 3.05) is 40.0 Å². The van der Waals surface area contributed by atoms with Gasteiger partial charge in [0.25, 0.3) is 0 Å². The number of thiazole rings is 1. The number of nitrogens with zero attached hydrogens (tertiary/aromatic N) is 4. The number of aromatic amines is 1. The van der Waals surface area contributed by atoms with E-state index < -0.39 is 11.1 Å². The van der Waals surface area contributed by atoms with Crippen LogP contribution >= 0.6 is 34.2 Å². The first-order valence-corrected chi connectivity index (χ1v) is 10.2. The Morgan fingerprint density at radius 1 is 1.52 bits per heavy atom. The van der Waals surface area contributed by atoms with E-state index in [1.807, 2.05) is 0 Å². The standard InChI is InChI=1S/C13H21N5O2S3/c1-18(2)6-4-11-15-10(9-22-11)8-21-7-5-14-12-13(20-3)17-23(19)16-12/h9H,4-8H2,1-3H3,(H,14,16). The van der Waals surface area contributed by atoms with E-state index in [4.69, 9.17) is 4.74 Å². The summed E-state index contributed by atoms with van der Waals surface area (Å²) in [5.41, 5.74) is 1.59. The summed E-state index contributed by atoms with van der Waals surface area (Å²) in [7, 11) is 5.63. The Hall–Kier alpha value is -0.940. The quantitative estimate of drug-likeness (QED) is 0.528. The molecule has 128 valence electrons. The topological polar surface area (TPSA) is 89.5 Å². The number of likely N-dealkylation sites (N-methyl/N-ethyl adjacent to an activating group) is 1. The molecule has 0 amide bonds. The first kappa shape index (κ1) is 18.4. The summed E-state index contributed by atoms with van der Waals surface area (Å²) in [6.45, 7) is 1.64. The zero-order valence-electron chi connectivity index (χ0n) is 13.4. The molecule has 0 saturated carbocycles. The highest BCUT2D eigenvalue weighted by molar-refractivity contribution is 7.98. The number of ether oxygens (including phenoxy) is 1. The van der Waals surface area contributed by atoms with Gasteiger partial charge in [-0.25, -0.2) is 4.98 Å². The van der Waals surface area contributed by atoms with Gasteiger partial charge in [-0.3, -0.25) is 4.99 Å². The van der Waals surface area contributed by atoms with Gasteiger partial charge in [-0.15, -0.1) is 15.7 Å². The molecule has 10 heteroatoms. The zero-order valence-corrected chi connectivity index (χ0v) is 15.9. The molecule has 2 aromatic rings. The highest BCUT2D eigenvalue weighted by atomic mass is 32.2. The van der Waals surface area contributed by atoms with Gasteiger partial charge in [0.05, 0.1) is 24.4 Å². The molecular formula is C13H21N5O2S3. The Kier molecular flexibility index (Phi) is 7.50. The molecular weight excluding hydrogens is 354 g/mol. The second kappa shape index (κ2) is 9.38. The zero-order chi connectivity index (χ0) is 16.7. The van der Waals surface area contributed by atoms with Gasteiger partial charge in [0.1, 0.15) is 0 Å². The van der Waals surface area contributed by atoms with Crippen molar-refractivity contribution in [3.05, 3.63) is 21.6 Å². The lowest BCUT2D eigenvalue weighted by Crippen LogP contribution is -2.14. The van der Waals surface area contributed by atoms with Crippen LogP contribution in [0.1, 0.15) is 10.7 Å². The van der Waals surface area contributed by atoms with E-state index in [1.165, 1.54) is 12.1 Å². The molecule has 0 saturated heterocycles. The smallest absolute Gasteiger partial charge is 0.316 e. The van der Waals surface area contributed by atoms with Crippen LogP contribution in [0.15, 0.2) is 10.4 Å². The van der Waals surface area contributed by atoms with E-state index in [9.17, 15) is 4.55 Å². The number of H-pyrrole nitrogens is 1. The van der Waals surface area contributed by atoms with Gasteiger partial charge in [-0.05, 0) is 14.1 Å². The highest BCUT2D eigenvalue weighted by Gasteiger charge is 2.07. The van der Waals surface area contributed by atoms with E-state index >= 15 is 0 Å². The summed E-state index contributed by atoms with van der Waals surface area (Å²) < 4.78 is 22.7. The maximum Gasteiger partial charge on any atom is 0.316 e. The molecule has 0 aliphatic carbocycles. The van der Waals surface area contributed by atoms with Gasteiger partial charge >= 0.3 is 5.88 Å². The molecule has 1 atom stereocenters. The Morgan fingerprint density at radius 3 is 3.09 bits per heavy atom. The monoisotopic (exact) mass is 375 g/mol. The number of hydrogen-bond acceptors (Lipinski definition) is 8. The average molecular weight is 376 g/mol. The summed E-state index contributed by atoms with van der Waals surface area (Å²) in [4.78, 5) is 11.1. The molecule has 0 fully saturated rings. The lowest BCUT2D eigenvalue weighted by atomic mass is 10.4. The molecule has 2 rings (SSSR count). The molecule has 23 heavy (non-hydrogen) atoms. The summed E-state index contributed by atoms with van der Waals surface area (Å²) in [5.74, 6) is 2.05. The van der Waals surface area contributed by atoms with Crippen LogP contribution in [0.5, 0.6) is 5.88 Å². The summed E-state index contributed by atoms with van der Waals surface area (Å²) >= 11 is 2.04. The SMILES string of the molecule is COc1n[s+]([O-])[nH]c1=NCCSCc1csc(CCN(C)C)n1. The minimum atomic E-state index is -1.46. The maximum absolute atomic E-state index is 11.2. The van der Waals surface area contributed by atoms with Gasteiger partial charge in [0.15, 0.2) is 11.1 Å². The molecule has 0 radical (unpaired) electrons. The minimum Gasteiger partial charge on any atom is -0.548 e. The van der Waals surface area contributed by atoms with Crippen LogP contribution in [0.4, 0.5) is 0 Å². The molecule has 1 N–H and O–H groups in total. The number of methoxy groups -OCH3 is 1. The van der Waals surface area contributed by atoms with Crippen molar-refractivity contribution in [2.45, 2.75) is 12.2 Å². The van der Waals surface area contributed by atoms with Crippen LogP contribution in [0.2, 0.25) is 0 Å². The molecule has 7 nitrogen and oxygen atoms in total. The van der Waals surface area contributed by atoms with Gasteiger partial charge < -0.3 is 14.2 Å². The Labute approximate surface area is 146 Å². The minimum absolute atomic E-state index is 0.304. The fourth-order valence-corrected chi connectivity index (χ4v) is 4.04. The predicted octanol–water partition coefficient (Wildman–Crippen LogP) is 1.54. The van der Waals surface area contributed by atoms with E-state index in [0.29, 0.717) is 17.9 Å². The lowest BCUT2D eigenvalue weighted by molar-refractivity contribution is 0.395. The molecule has 0 aromatic carbocycles. The van der Waals surface area contributed by atoms with Crippen molar-refractivity contribution in [1.82, 2.24) is 18.6 Å². The number of rotatable bonds is 9. The van der Waals surface area contributed by atoms with Gasteiger partial charge in [0.2, 0.25) is 5.49 Å². The third kappa shape index (κ3) is 6.22. The fraction of sp³-hybridized carbons (Fsp3) is 0.615. The fourth-order valence-electron chi connectivity index (χ4n) is 1.75. The number of nitrogens with one attached hydrogen (secondary N) is 1. The summed E-state index contributed by atoms with van der Waals surface area (Å²) in [5, 5.41) is 3.31. The second-order valence-electron chi connectivity index (χ2n) is 5.02. The van der Waals surface area contributed by atoms with Gasteiger partial charge in [-0.1, -0.05) is 0 Å². The molecule has 0 spiro atoms. The number of hydrogen-bond donors (Lipinski definition) is 1. The van der Waals surface area contributed by atoms with Crippen LogP contribution in [-0.2, 0) is 12.2 Å². The Balaban J connectivity index is 1.73. The van der Waals surface area contributed by atoms with E-state index in [2.05, 4.69) is 43.1 Å². The van der Waals surface area contributed by atoms with Crippen LogP contribution in [0.25, 0.3) is 0 Å². The van der Waals surface area contributed by atoms with Crippen LogP contribution < -0.4 is 10.2 Å². The van der Waals surface area contributed by atoms with E-state index in [1.54, 1.807) is 23.1 Å². The van der Waals surface area contributed by atoms with Crippen LogP contribution in [0, 0.1) is 0 Å². The molecule has 1 unspecified atom stereocenters. The average Bonchev–Trinajstić information content (AvgIpc) is 3.11. The number of aromatic nitrogens is 3.